The number of nitrogens with zero attached hydrogens (tertiary/aromatic N) is 2. The van der Waals surface area contributed by atoms with Crippen molar-refractivity contribution in [3.8, 4) is 39.1 Å². The Morgan fingerprint density at radius 1 is 0.323 bits per heavy atom. The largest absolute Gasteiger partial charge is 0.311 e. The highest BCUT2D eigenvalue weighted by Crippen LogP contribution is 2.40. The summed E-state index contributed by atoms with van der Waals surface area (Å²) in [5, 5.41) is 7.52. The zero-order chi connectivity index (χ0) is 41.8. The summed E-state index contributed by atoms with van der Waals surface area (Å²) in [4.78, 5) is 2.36. The van der Waals surface area contributed by atoms with Crippen LogP contribution < -0.4 is 4.90 Å². The van der Waals surface area contributed by atoms with Crippen molar-refractivity contribution in [3.63, 3.8) is 0 Å². The molecular weight excluding hydrogens is 749 g/mol. The van der Waals surface area contributed by atoms with Crippen molar-refractivity contribution in [1.82, 2.24) is 4.57 Å². The van der Waals surface area contributed by atoms with Crippen molar-refractivity contribution in [2.45, 2.75) is 13.8 Å². The first-order valence-corrected chi connectivity index (χ1v) is 21.4. The van der Waals surface area contributed by atoms with Gasteiger partial charge in [0.15, 0.2) is 0 Å². The Hall–Kier alpha value is -7.94. The molecule has 0 unspecified atom stereocenters. The van der Waals surface area contributed by atoms with Gasteiger partial charge in [0.05, 0.1) is 11.0 Å². The summed E-state index contributed by atoms with van der Waals surface area (Å²) in [6.07, 6.45) is 4.00. The van der Waals surface area contributed by atoms with E-state index in [2.05, 4.69) is 240 Å². The third-order valence-electron chi connectivity index (χ3n) is 11.9. The minimum atomic E-state index is 1.10. The maximum absolute atomic E-state index is 2.37. The Morgan fingerprint density at radius 2 is 0.742 bits per heavy atom. The van der Waals surface area contributed by atoms with Gasteiger partial charge in [-0.2, -0.15) is 0 Å². The maximum Gasteiger partial charge on any atom is 0.0541 e. The van der Waals surface area contributed by atoms with Crippen molar-refractivity contribution in [2.75, 3.05) is 4.90 Å². The number of anilines is 3. The Morgan fingerprint density at radius 3 is 1.27 bits per heavy atom. The monoisotopic (exact) mass is 794 g/mol. The van der Waals surface area contributed by atoms with Crippen LogP contribution >= 0.6 is 0 Å². The van der Waals surface area contributed by atoms with E-state index in [4.69, 9.17) is 0 Å². The van der Waals surface area contributed by atoms with Crippen molar-refractivity contribution >= 4 is 60.4 Å². The summed E-state index contributed by atoms with van der Waals surface area (Å²) in [6.45, 7) is 4.00. The van der Waals surface area contributed by atoms with Crippen molar-refractivity contribution < 1.29 is 0 Å². The van der Waals surface area contributed by atoms with Crippen LogP contribution in [0.25, 0.3) is 82.4 Å². The molecule has 62 heavy (non-hydrogen) atoms. The molecule has 2 heteroatoms. The second-order valence-electron chi connectivity index (χ2n) is 15.6. The molecule has 1 aromatic heterocycles. The molecule has 296 valence electrons. The van der Waals surface area contributed by atoms with E-state index >= 15 is 0 Å². The second-order valence-corrected chi connectivity index (χ2v) is 15.6. The molecule has 0 aliphatic rings. The van der Waals surface area contributed by atoms with Crippen LogP contribution in [0.5, 0.6) is 0 Å². The molecule has 0 bridgehead atoms. The lowest BCUT2D eigenvalue weighted by molar-refractivity contribution is 1.18. The number of para-hydroxylation sites is 2. The van der Waals surface area contributed by atoms with Crippen LogP contribution in [0.4, 0.5) is 17.1 Å². The molecule has 0 fully saturated rings. The fourth-order valence-electron chi connectivity index (χ4n) is 8.79. The standard InChI is InChI=1S/C56H38N2.C4H8/c1-2-16-45(17-3-1)58-55-23-9-8-20-53(55)54-38-44(30-37-56(54)58)39-24-31-46(32-25-39)57(47-33-26-42(27-34-47)51-21-10-14-40-12-4-6-18-49(40)51)48-35-28-43(29-36-48)52-22-11-15-41-13-5-7-19-50(41)52;1-3-4-2/h1-38H;3-4H,1-2H3/b;4-3-. The van der Waals surface area contributed by atoms with E-state index in [1.807, 2.05) is 26.0 Å². The van der Waals surface area contributed by atoms with Crippen molar-refractivity contribution in [1.29, 1.82) is 0 Å². The molecule has 0 aliphatic heterocycles. The average Bonchev–Trinajstić information content (AvgIpc) is 3.68. The van der Waals surface area contributed by atoms with Crippen molar-refractivity contribution in [2.24, 2.45) is 0 Å². The fourth-order valence-corrected chi connectivity index (χ4v) is 8.79. The third-order valence-corrected chi connectivity index (χ3v) is 11.9. The maximum atomic E-state index is 2.37. The molecule has 0 N–H and O–H groups in total. The molecule has 1 heterocycles. The summed E-state index contributed by atoms with van der Waals surface area (Å²) in [5.41, 5.74) is 14.1. The quantitative estimate of drug-likeness (QED) is 0.146. The lowest BCUT2D eigenvalue weighted by Crippen LogP contribution is -2.09. The van der Waals surface area contributed by atoms with Crippen LogP contribution in [0.1, 0.15) is 13.8 Å². The van der Waals surface area contributed by atoms with Gasteiger partial charge in [0, 0.05) is 33.5 Å². The van der Waals surface area contributed by atoms with Gasteiger partial charge in [-0.3, -0.25) is 0 Å². The van der Waals surface area contributed by atoms with Gasteiger partial charge in [-0.1, -0.05) is 176 Å². The van der Waals surface area contributed by atoms with Crippen LogP contribution in [-0.4, -0.2) is 4.57 Å². The van der Waals surface area contributed by atoms with E-state index in [9.17, 15) is 0 Å². The summed E-state index contributed by atoms with van der Waals surface area (Å²) in [6, 6.07) is 83.6. The highest BCUT2D eigenvalue weighted by atomic mass is 15.1. The smallest absolute Gasteiger partial charge is 0.0541 e. The Balaban J connectivity index is 0.00000110. The number of aromatic nitrogens is 1. The highest BCUT2D eigenvalue weighted by Gasteiger charge is 2.16. The highest BCUT2D eigenvalue weighted by molar-refractivity contribution is 6.10. The van der Waals surface area contributed by atoms with E-state index in [1.165, 1.54) is 82.4 Å². The minimum absolute atomic E-state index is 1.10. The average molecular weight is 795 g/mol. The van der Waals surface area contributed by atoms with E-state index in [0.29, 0.717) is 0 Å². The van der Waals surface area contributed by atoms with Crippen LogP contribution in [0.2, 0.25) is 0 Å². The molecular formula is C60H46N2. The normalized spacial score (nSPS) is 11.3. The third kappa shape index (κ3) is 7.23. The predicted octanol–water partition coefficient (Wildman–Crippen LogP) is 17.1. The van der Waals surface area contributed by atoms with Crippen LogP contribution in [-0.2, 0) is 0 Å². The summed E-state index contributed by atoms with van der Waals surface area (Å²) >= 11 is 0. The molecule has 0 amide bonds. The number of rotatable bonds is 7. The topological polar surface area (TPSA) is 8.17 Å². The van der Waals surface area contributed by atoms with Gasteiger partial charge in [0.2, 0.25) is 0 Å². The SMILES string of the molecule is C/C=C\C.c1ccc(-n2c3ccccc3c3cc(-c4ccc(N(c5ccc(-c6cccc7ccccc67)cc5)c5ccc(-c6cccc7ccccc67)cc5)cc4)ccc32)cc1. The molecule has 0 saturated carbocycles. The molecule has 0 saturated heterocycles. The molecule has 11 rings (SSSR count). The summed E-state index contributed by atoms with van der Waals surface area (Å²) in [7, 11) is 0. The van der Waals surface area contributed by atoms with Crippen LogP contribution in [0.3, 0.4) is 0 Å². The molecule has 11 aromatic rings. The molecule has 0 atom stereocenters. The number of benzene rings is 10. The first-order chi connectivity index (χ1) is 30.7. The van der Waals surface area contributed by atoms with Gasteiger partial charge in [-0.25, -0.2) is 0 Å². The first-order valence-electron chi connectivity index (χ1n) is 21.4. The summed E-state index contributed by atoms with van der Waals surface area (Å²) in [5.74, 6) is 0. The molecule has 0 radical (unpaired) electrons. The van der Waals surface area contributed by atoms with Crippen LogP contribution in [0.15, 0.2) is 243 Å². The zero-order valence-electron chi connectivity index (χ0n) is 35.0. The second kappa shape index (κ2) is 17.0. The van der Waals surface area contributed by atoms with Gasteiger partial charge in [0.1, 0.15) is 0 Å². The predicted molar refractivity (Wildman–Crippen MR) is 267 cm³/mol. The minimum Gasteiger partial charge on any atom is -0.311 e. The van der Waals surface area contributed by atoms with Gasteiger partial charge in [-0.15, -0.1) is 0 Å². The molecule has 0 spiro atoms. The number of hydrogen-bond donors (Lipinski definition) is 0. The lowest BCUT2D eigenvalue weighted by atomic mass is 9.97. The Kier molecular flexibility index (Phi) is 10.5. The van der Waals surface area contributed by atoms with Crippen LogP contribution in [0, 0.1) is 0 Å². The Labute approximate surface area is 363 Å². The van der Waals surface area contributed by atoms with Gasteiger partial charge in [-0.05, 0) is 136 Å². The zero-order valence-corrected chi connectivity index (χ0v) is 35.0. The van der Waals surface area contributed by atoms with Gasteiger partial charge >= 0.3 is 0 Å². The van der Waals surface area contributed by atoms with E-state index < -0.39 is 0 Å². The molecule has 10 aromatic carbocycles. The van der Waals surface area contributed by atoms with Crippen molar-refractivity contribution in [3.05, 3.63) is 243 Å². The van der Waals surface area contributed by atoms with E-state index in [-0.39, 0.29) is 0 Å². The molecule has 2 nitrogen and oxygen atoms in total. The fraction of sp³-hybridized carbons (Fsp3) is 0.0333. The van der Waals surface area contributed by atoms with Gasteiger partial charge in [0.25, 0.3) is 0 Å². The van der Waals surface area contributed by atoms with Gasteiger partial charge < -0.3 is 9.47 Å². The van der Waals surface area contributed by atoms with E-state index in [0.717, 1.165) is 17.1 Å². The number of hydrogen-bond acceptors (Lipinski definition) is 1. The number of allylic oxidation sites excluding steroid dienone is 2. The molecule has 0 aliphatic carbocycles. The van der Waals surface area contributed by atoms with E-state index in [1.54, 1.807) is 0 Å². The first kappa shape index (κ1) is 38.3. The lowest BCUT2D eigenvalue weighted by Gasteiger charge is -2.26. The number of fused-ring (bicyclic) bond motifs is 5. The summed E-state index contributed by atoms with van der Waals surface area (Å²) < 4.78 is 2.37. The Bertz CT molecular complexity index is 3200.